The number of carbonyl (C=O) groups is 2. The average Bonchev–Trinajstić information content (AvgIpc) is 3.02. The molecule has 0 atom stereocenters. The summed E-state index contributed by atoms with van der Waals surface area (Å²) < 4.78 is 0. The monoisotopic (exact) mass is 235 g/mol. The Morgan fingerprint density at radius 1 is 1.24 bits per heavy atom. The number of phenols is 1. The number of nitrogens with one attached hydrogen (secondary N) is 1. The van der Waals surface area contributed by atoms with E-state index in [0.29, 0.717) is 12.8 Å². The molecule has 1 fully saturated rings. The molecule has 0 saturated heterocycles. The summed E-state index contributed by atoms with van der Waals surface area (Å²) >= 11 is 0. The molecular formula is C12H13NO4. The molecule has 0 heterocycles. The normalized spacial score (nSPS) is 16.2. The van der Waals surface area contributed by atoms with Crippen LogP contribution in [0.1, 0.15) is 18.4 Å². The number of hydrogen-bond donors (Lipinski definition) is 3. The molecule has 1 aromatic rings. The van der Waals surface area contributed by atoms with Crippen molar-refractivity contribution in [3.05, 3.63) is 29.8 Å². The fourth-order valence-electron chi connectivity index (χ4n) is 1.63. The summed E-state index contributed by atoms with van der Waals surface area (Å²) in [6.07, 6.45) is 1.10. The van der Waals surface area contributed by atoms with Crippen molar-refractivity contribution in [2.24, 2.45) is 0 Å². The van der Waals surface area contributed by atoms with Gasteiger partial charge in [-0.15, -0.1) is 0 Å². The zero-order chi connectivity index (χ0) is 12.5. The highest BCUT2D eigenvalue weighted by atomic mass is 16.4. The lowest BCUT2D eigenvalue weighted by Gasteiger charge is -2.12. The number of carboxylic acids is 1. The molecule has 0 aromatic heterocycles. The zero-order valence-corrected chi connectivity index (χ0v) is 9.14. The highest BCUT2D eigenvalue weighted by molar-refractivity contribution is 5.90. The Morgan fingerprint density at radius 3 is 2.29 bits per heavy atom. The summed E-state index contributed by atoms with van der Waals surface area (Å²) in [6.45, 7) is 0. The molecule has 1 aromatic carbocycles. The second-order valence-electron chi connectivity index (χ2n) is 4.28. The lowest BCUT2D eigenvalue weighted by atomic mass is 10.1. The van der Waals surface area contributed by atoms with Crippen molar-refractivity contribution in [2.45, 2.75) is 24.8 Å². The van der Waals surface area contributed by atoms with Crippen LogP contribution in [0.2, 0.25) is 0 Å². The van der Waals surface area contributed by atoms with Crippen molar-refractivity contribution in [1.82, 2.24) is 5.32 Å². The number of benzene rings is 1. The molecule has 17 heavy (non-hydrogen) atoms. The fourth-order valence-corrected chi connectivity index (χ4v) is 1.63. The van der Waals surface area contributed by atoms with Gasteiger partial charge in [-0.1, -0.05) is 12.1 Å². The molecule has 1 aliphatic rings. The summed E-state index contributed by atoms with van der Waals surface area (Å²) in [4.78, 5) is 22.5. The van der Waals surface area contributed by atoms with Gasteiger partial charge in [0.25, 0.3) is 0 Å². The van der Waals surface area contributed by atoms with E-state index in [1.54, 1.807) is 12.1 Å². The Morgan fingerprint density at radius 2 is 1.82 bits per heavy atom. The summed E-state index contributed by atoms with van der Waals surface area (Å²) in [5, 5.41) is 20.5. The van der Waals surface area contributed by atoms with Crippen molar-refractivity contribution in [1.29, 1.82) is 0 Å². The van der Waals surface area contributed by atoms with Crippen LogP contribution < -0.4 is 5.32 Å². The minimum atomic E-state index is -1.03. The van der Waals surface area contributed by atoms with Crippen LogP contribution in [0.5, 0.6) is 5.75 Å². The van der Waals surface area contributed by atoms with Gasteiger partial charge in [0.2, 0.25) is 5.91 Å². The van der Waals surface area contributed by atoms with E-state index < -0.39 is 11.5 Å². The molecule has 3 N–H and O–H groups in total. The van der Waals surface area contributed by atoms with E-state index in [4.69, 9.17) is 10.2 Å². The topological polar surface area (TPSA) is 86.6 Å². The lowest BCUT2D eigenvalue weighted by Crippen LogP contribution is -2.43. The quantitative estimate of drug-likeness (QED) is 0.715. The van der Waals surface area contributed by atoms with Gasteiger partial charge in [-0.25, -0.2) is 4.79 Å². The Labute approximate surface area is 98.1 Å². The molecule has 1 amide bonds. The molecular weight excluding hydrogens is 222 g/mol. The van der Waals surface area contributed by atoms with Crippen molar-refractivity contribution in [3.63, 3.8) is 0 Å². The first-order valence-corrected chi connectivity index (χ1v) is 5.34. The number of hydrogen-bond acceptors (Lipinski definition) is 3. The smallest absolute Gasteiger partial charge is 0.329 e. The Balaban J connectivity index is 1.94. The van der Waals surface area contributed by atoms with Gasteiger partial charge in [0.05, 0.1) is 6.42 Å². The fraction of sp³-hybridized carbons (Fsp3) is 0.333. The summed E-state index contributed by atoms with van der Waals surface area (Å²) in [5.41, 5.74) is -0.296. The highest BCUT2D eigenvalue weighted by Crippen LogP contribution is 2.35. The molecule has 5 heteroatoms. The van der Waals surface area contributed by atoms with Crippen molar-refractivity contribution >= 4 is 11.9 Å². The molecule has 2 rings (SSSR count). The number of phenolic OH excluding ortho intramolecular Hbond substituents is 1. The van der Waals surface area contributed by atoms with Crippen LogP contribution in [0.15, 0.2) is 24.3 Å². The van der Waals surface area contributed by atoms with Crippen LogP contribution in [0.25, 0.3) is 0 Å². The third-order valence-electron chi connectivity index (χ3n) is 2.84. The Kier molecular flexibility index (Phi) is 2.75. The molecule has 0 aliphatic heterocycles. The third-order valence-corrected chi connectivity index (χ3v) is 2.84. The number of rotatable bonds is 4. The first kappa shape index (κ1) is 11.4. The van der Waals surface area contributed by atoms with E-state index in [2.05, 4.69) is 5.32 Å². The number of amides is 1. The molecule has 5 nitrogen and oxygen atoms in total. The van der Waals surface area contributed by atoms with Crippen LogP contribution in [-0.2, 0) is 16.0 Å². The molecule has 0 spiro atoms. The predicted molar refractivity (Wildman–Crippen MR) is 59.6 cm³/mol. The van der Waals surface area contributed by atoms with Crippen molar-refractivity contribution < 1.29 is 19.8 Å². The maximum absolute atomic E-state index is 11.6. The number of aliphatic carboxylic acids is 1. The minimum absolute atomic E-state index is 0.120. The van der Waals surface area contributed by atoms with Gasteiger partial charge >= 0.3 is 5.97 Å². The summed E-state index contributed by atoms with van der Waals surface area (Å²) in [7, 11) is 0. The largest absolute Gasteiger partial charge is 0.508 e. The second kappa shape index (κ2) is 4.08. The van der Waals surface area contributed by atoms with Gasteiger partial charge in [0.1, 0.15) is 11.3 Å². The van der Waals surface area contributed by atoms with Crippen LogP contribution in [0.3, 0.4) is 0 Å². The maximum Gasteiger partial charge on any atom is 0.329 e. The second-order valence-corrected chi connectivity index (χ2v) is 4.28. The van der Waals surface area contributed by atoms with E-state index in [0.717, 1.165) is 5.56 Å². The van der Waals surface area contributed by atoms with Crippen LogP contribution in [0, 0.1) is 0 Å². The van der Waals surface area contributed by atoms with Gasteiger partial charge in [-0.2, -0.15) is 0 Å². The lowest BCUT2D eigenvalue weighted by molar-refractivity contribution is -0.143. The SMILES string of the molecule is O=C(Cc1ccc(O)cc1)NC1(C(=O)O)CC1. The summed E-state index contributed by atoms with van der Waals surface area (Å²) in [5.74, 6) is -1.15. The molecule has 0 bridgehead atoms. The first-order chi connectivity index (χ1) is 8.02. The van der Waals surface area contributed by atoms with Gasteiger partial charge in [-0.3, -0.25) is 4.79 Å². The van der Waals surface area contributed by atoms with E-state index in [-0.39, 0.29) is 18.1 Å². The van der Waals surface area contributed by atoms with Crippen molar-refractivity contribution in [3.8, 4) is 5.75 Å². The highest BCUT2D eigenvalue weighted by Gasteiger charge is 2.51. The predicted octanol–water partition coefficient (Wildman–Crippen LogP) is 0.668. The molecule has 0 unspecified atom stereocenters. The van der Waals surface area contributed by atoms with Crippen LogP contribution >= 0.6 is 0 Å². The molecule has 1 aliphatic carbocycles. The molecule has 0 radical (unpaired) electrons. The molecule has 1 saturated carbocycles. The summed E-state index contributed by atoms with van der Waals surface area (Å²) in [6, 6.07) is 6.25. The number of carboxylic acid groups (broad SMARTS) is 1. The van der Waals surface area contributed by atoms with Crippen LogP contribution in [-0.4, -0.2) is 27.6 Å². The first-order valence-electron chi connectivity index (χ1n) is 5.34. The van der Waals surface area contributed by atoms with Gasteiger partial charge in [-0.05, 0) is 30.5 Å². The zero-order valence-electron chi connectivity index (χ0n) is 9.14. The van der Waals surface area contributed by atoms with E-state index in [1.165, 1.54) is 12.1 Å². The minimum Gasteiger partial charge on any atom is -0.508 e. The van der Waals surface area contributed by atoms with Gasteiger partial charge < -0.3 is 15.5 Å². The van der Waals surface area contributed by atoms with Crippen molar-refractivity contribution in [2.75, 3.05) is 0 Å². The maximum atomic E-state index is 11.6. The van der Waals surface area contributed by atoms with Crippen LogP contribution in [0.4, 0.5) is 0 Å². The van der Waals surface area contributed by atoms with E-state index in [1.807, 2.05) is 0 Å². The Hall–Kier alpha value is -2.04. The Bertz CT molecular complexity index is 448. The standard InChI is InChI=1S/C12H13NO4/c14-9-3-1-8(2-4-9)7-10(15)13-12(5-6-12)11(16)17/h1-4,14H,5-7H2,(H,13,15)(H,16,17). The number of aromatic hydroxyl groups is 1. The third kappa shape index (κ3) is 2.55. The molecule has 90 valence electrons. The van der Waals surface area contributed by atoms with E-state index >= 15 is 0 Å². The van der Waals surface area contributed by atoms with Gasteiger partial charge in [0.15, 0.2) is 0 Å². The van der Waals surface area contributed by atoms with Gasteiger partial charge in [0, 0.05) is 0 Å². The van der Waals surface area contributed by atoms with E-state index in [9.17, 15) is 9.59 Å². The average molecular weight is 235 g/mol. The number of carbonyl (C=O) groups excluding carboxylic acids is 1.